The first kappa shape index (κ1) is 20.0. The van der Waals surface area contributed by atoms with Crippen LogP contribution in [-0.2, 0) is 22.4 Å². The number of amides is 2. The second-order valence-electron chi connectivity index (χ2n) is 8.26. The van der Waals surface area contributed by atoms with Crippen LogP contribution in [-0.4, -0.2) is 40.4 Å². The molecule has 2 heterocycles. The van der Waals surface area contributed by atoms with Crippen molar-refractivity contribution in [1.29, 1.82) is 0 Å². The highest BCUT2D eigenvalue weighted by Gasteiger charge is 2.50. The Hall–Kier alpha value is -2.27. The van der Waals surface area contributed by atoms with Gasteiger partial charge in [0.1, 0.15) is 6.04 Å². The summed E-state index contributed by atoms with van der Waals surface area (Å²) in [6, 6.07) is 20.9. The smallest absolute Gasteiger partial charge is 0.246 e. The van der Waals surface area contributed by atoms with Crippen LogP contribution in [0, 0.1) is 5.41 Å². The number of rotatable bonds is 5. The molecule has 0 saturated carbocycles. The first-order valence-corrected chi connectivity index (χ1v) is 11.4. The van der Waals surface area contributed by atoms with Crippen molar-refractivity contribution < 1.29 is 9.59 Å². The van der Waals surface area contributed by atoms with E-state index in [1.807, 2.05) is 16.7 Å². The standard InChI is InChI=1S/C24H28N2O2S/c1-18(27)25-21-17-29-23-24(13-8-14-26(23)22(21)28,15-19-9-4-2-5-10-19)16-20-11-6-3-7-12-20/h2-7,9-12,21,23H,8,13-17H2,1H3,(H,25,27)/t21-,23?/m0/s1. The number of hydrogen-bond acceptors (Lipinski definition) is 3. The van der Waals surface area contributed by atoms with Crippen molar-refractivity contribution >= 4 is 23.6 Å². The Morgan fingerprint density at radius 3 is 2.21 bits per heavy atom. The van der Waals surface area contributed by atoms with Gasteiger partial charge in [-0.15, -0.1) is 11.8 Å². The molecule has 0 bridgehead atoms. The second-order valence-corrected chi connectivity index (χ2v) is 9.37. The monoisotopic (exact) mass is 408 g/mol. The lowest BCUT2D eigenvalue weighted by Gasteiger charge is -2.53. The number of piperidine rings is 1. The van der Waals surface area contributed by atoms with Crippen molar-refractivity contribution in [3.8, 4) is 0 Å². The average Bonchev–Trinajstić information content (AvgIpc) is 2.72. The zero-order valence-corrected chi connectivity index (χ0v) is 17.7. The van der Waals surface area contributed by atoms with Gasteiger partial charge in [0.2, 0.25) is 11.8 Å². The molecule has 2 aliphatic heterocycles. The van der Waals surface area contributed by atoms with Gasteiger partial charge in [0.25, 0.3) is 0 Å². The summed E-state index contributed by atoms with van der Waals surface area (Å²) in [5.74, 6) is 0.582. The highest BCUT2D eigenvalue weighted by molar-refractivity contribution is 8.00. The van der Waals surface area contributed by atoms with Crippen molar-refractivity contribution in [1.82, 2.24) is 10.2 Å². The van der Waals surface area contributed by atoms with Gasteiger partial charge in [0.15, 0.2) is 0 Å². The molecule has 4 rings (SSSR count). The van der Waals surface area contributed by atoms with Crippen LogP contribution in [0.2, 0.25) is 0 Å². The van der Waals surface area contributed by atoms with Crippen LogP contribution in [0.3, 0.4) is 0 Å². The number of benzene rings is 2. The summed E-state index contributed by atoms with van der Waals surface area (Å²) >= 11 is 1.84. The lowest BCUT2D eigenvalue weighted by molar-refractivity contribution is -0.140. The molecule has 5 heteroatoms. The van der Waals surface area contributed by atoms with E-state index in [1.54, 1.807) is 0 Å². The molecule has 1 unspecified atom stereocenters. The maximum Gasteiger partial charge on any atom is 0.246 e. The number of carbonyl (C=O) groups is 2. The van der Waals surface area contributed by atoms with E-state index in [-0.39, 0.29) is 22.6 Å². The van der Waals surface area contributed by atoms with Gasteiger partial charge < -0.3 is 10.2 Å². The maximum atomic E-state index is 13.2. The third-order valence-electron chi connectivity index (χ3n) is 6.06. The third-order valence-corrected chi connectivity index (χ3v) is 7.65. The number of hydrogen-bond donors (Lipinski definition) is 1. The van der Waals surface area contributed by atoms with Crippen LogP contribution in [0.5, 0.6) is 0 Å². The van der Waals surface area contributed by atoms with E-state index in [2.05, 4.69) is 66.0 Å². The summed E-state index contributed by atoms with van der Waals surface area (Å²) < 4.78 is 0. The van der Waals surface area contributed by atoms with E-state index in [9.17, 15) is 9.59 Å². The topological polar surface area (TPSA) is 49.4 Å². The first-order valence-electron chi connectivity index (χ1n) is 10.3. The molecule has 4 nitrogen and oxygen atoms in total. The molecule has 2 aromatic carbocycles. The maximum absolute atomic E-state index is 13.2. The molecule has 0 aliphatic carbocycles. The molecular formula is C24H28N2O2S. The lowest BCUT2D eigenvalue weighted by atomic mass is 9.70. The zero-order valence-electron chi connectivity index (χ0n) is 16.8. The normalized spacial score (nSPS) is 23.3. The predicted molar refractivity (Wildman–Crippen MR) is 118 cm³/mol. The zero-order chi connectivity index (χ0) is 20.3. The van der Waals surface area contributed by atoms with Crippen molar-refractivity contribution in [2.75, 3.05) is 12.3 Å². The van der Waals surface area contributed by atoms with Crippen LogP contribution in [0.25, 0.3) is 0 Å². The summed E-state index contributed by atoms with van der Waals surface area (Å²) in [7, 11) is 0. The number of carbonyl (C=O) groups excluding carboxylic acids is 2. The van der Waals surface area contributed by atoms with E-state index >= 15 is 0 Å². The Labute approximate surface area is 177 Å². The van der Waals surface area contributed by atoms with Crippen molar-refractivity contribution in [3.05, 3.63) is 71.8 Å². The summed E-state index contributed by atoms with van der Waals surface area (Å²) in [6.45, 7) is 2.26. The van der Waals surface area contributed by atoms with E-state index in [4.69, 9.17) is 0 Å². The van der Waals surface area contributed by atoms with Crippen LogP contribution in [0.4, 0.5) is 0 Å². The van der Waals surface area contributed by atoms with Gasteiger partial charge in [-0.2, -0.15) is 0 Å². The highest BCUT2D eigenvalue weighted by atomic mass is 32.2. The van der Waals surface area contributed by atoms with E-state index in [1.165, 1.54) is 18.1 Å². The Balaban J connectivity index is 1.66. The van der Waals surface area contributed by atoms with Crippen LogP contribution >= 0.6 is 11.8 Å². The molecule has 2 aromatic rings. The fraction of sp³-hybridized carbons (Fsp3) is 0.417. The number of thioether (sulfide) groups is 1. The van der Waals surface area contributed by atoms with E-state index in [0.717, 1.165) is 32.2 Å². The van der Waals surface area contributed by atoms with Crippen LogP contribution in [0.1, 0.15) is 30.9 Å². The summed E-state index contributed by atoms with van der Waals surface area (Å²) in [5.41, 5.74) is 2.63. The molecule has 0 spiro atoms. The Kier molecular flexibility index (Phi) is 5.95. The molecule has 2 aliphatic rings. The van der Waals surface area contributed by atoms with Crippen molar-refractivity contribution in [3.63, 3.8) is 0 Å². The molecule has 152 valence electrons. The Morgan fingerprint density at radius 1 is 1.07 bits per heavy atom. The van der Waals surface area contributed by atoms with Crippen LogP contribution in [0.15, 0.2) is 60.7 Å². The molecule has 1 N–H and O–H groups in total. The lowest BCUT2D eigenvalue weighted by Crippen LogP contribution is -2.63. The molecule has 0 aromatic heterocycles. The van der Waals surface area contributed by atoms with Gasteiger partial charge in [-0.05, 0) is 36.8 Å². The van der Waals surface area contributed by atoms with Crippen molar-refractivity contribution in [2.24, 2.45) is 5.41 Å². The fourth-order valence-corrected chi connectivity index (χ4v) is 6.52. The second kappa shape index (κ2) is 8.62. The van der Waals surface area contributed by atoms with Gasteiger partial charge in [0.05, 0.1) is 5.37 Å². The summed E-state index contributed by atoms with van der Waals surface area (Å²) in [6.07, 6.45) is 4.00. The van der Waals surface area contributed by atoms with Gasteiger partial charge in [-0.3, -0.25) is 9.59 Å². The van der Waals surface area contributed by atoms with Crippen molar-refractivity contribution in [2.45, 2.75) is 44.0 Å². The molecule has 2 atom stereocenters. The van der Waals surface area contributed by atoms with Gasteiger partial charge in [-0.1, -0.05) is 60.7 Å². The largest absolute Gasteiger partial charge is 0.344 e. The van der Waals surface area contributed by atoms with E-state index < -0.39 is 6.04 Å². The molecule has 2 amide bonds. The van der Waals surface area contributed by atoms with Gasteiger partial charge in [-0.25, -0.2) is 0 Å². The SMILES string of the molecule is CC(=O)N[C@H]1CSC2N(CCCC2(Cc2ccccc2)Cc2ccccc2)C1=O. The highest BCUT2D eigenvalue weighted by Crippen LogP contribution is 2.48. The first-order chi connectivity index (χ1) is 14.1. The number of fused-ring (bicyclic) bond motifs is 1. The minimum Gasteiger partial charge on any atom is -0.344 e. The summed E-state index contributed by atoms with van der Waals surface area (Å²) in [4.78, 5) is 26.8. The molecule has 2 fully saturated rings. The average molecular weight is 409 g/mol. The van der Waals surface area contributed by atoms with Gasteiger partial charge >= 0.3 is 0 Å². The van der Waals surface area contributed by atoms with Gasteiger partial charge in [0, 0.05) is 24.6 Å². The quantitative estimate of drug-likeness (QED) is 0.821. The number of nitrogens with zero attached hydrogens (tertiary/aromatic N) is 1. The molecule has 2 saturated heterocycles. The predicted octanol–water partition coefficient (Wildman–Crippen LogP) is 3.66. The third kappa shape index (κ3) is 4.35. The Bertz CT molecular complexity index is 814. The number of nitrogens with one attached hydrogen (secondary N) is 1. The summed E-state index contributed by atoms with van der Waals surface area (Å²) in [5, 5.41) is 2.97. The minimum absolute atomic E-state index is 0.0114. The van der Waals surface area contributed by atoms with E-state index in [0.29, 0.717) is 5.75 Å². The molecule has 0 radical (unpaired) electrons. The molecular weight excluding hydrogens is 380 g/mol. The Morgan fingerprint density at radius 2 is 1.66 bits per heavy atom. The van der Waals surface area contributed by atoms with Crippen LogP contribution < -0.4 is 5.32 Å². The molecule has 29 heavy (non-hydrogen) atoms. The fourth-order valence-electron chi connectivity index (χ4n) is 4.89. The minimum atomic E-state index is -0.405.